The highest BCUT2D eigenvalue weighted by Crippen LogP contribution is 2.38. The van der Waals surface area contributed by atoms with Crippen molar-refractivity contribution < 1.29 is 14.2 Å². The molecule has 0 unspecified atom stereocenters. The van der Waals surface area contributed by atoms with Gasteiger partial charge in [-0.2, -0.15) is 0 Å². The normalized spacial score (nSPS) is 10.4. The smallest absolute Gasteiger partial charge is 0.206 e. The number of hydrogen-bond donors (Lipinski definition) is 1. The van der Waals surface area contributed by atoms with Crippen molar-refractivity contribution in [3.05, 3.63) is 53.7 Å². The van der Waals surface area contributed by atoms with Gasteiger partial charge in [0.2, 0.25) is 5.75 Å². The minimum Gasteiger partial charge on any atom is -0.497 e. The summed E-state index contributed by atoms with van der Waals surface area (Å²) in [5.41, 5.74) is 6.77. The largest absolute Gasteiger partial charge is 0.497 e. The number of nitrogens with zero attached hydrogens (tertiary/aromatic N) is 2. The summed E-state index contributed by atoms with van der Waals surface area (Å²) >= 11 is 6.28. The lowest BCUT2D eigenvalue weighted by molar-refractivity contribution is 0.378. The van der Waals surface area contributed by atoms with E-state index in [1.165, 1.54) is 0 Å². The molecule has 0 aliphatic carbocycles. The van der Waals surface area contributed by atoms with Gasteiger partial charge in [0.1, 0.15) is 5.75 Å². The molecule has 0 radical (unpaired) electrons. The van der Waals surface area contributed by atoms with Crippen molar-refractivity contribution in [2.75, 3.05) is 20.0 Å². The molecule has 3 rings (SSSR count). The Kier molecular flexibility index (Phi) is 4.90. The highest BCUT2D eigenvalue weighted by atomic mass is 35.5. The number of aromatic nitrogens is 2. The fraction of sp³-hybridized carbons (Fsp3) is 0.111. The van der Waals surface area contributed by atoms with E-state index in [9.17, 15) is 0 Å². The first kappa shape index (κ1) is 16.9. The Morgan fingerprint density at radius 1 is 0.920 bits per heavy atom. The highest BCUT2D eigenvalue weighted by Gasteiger charge is 2.16. The molecule has 3 aromatic rings. The fourth-order valence-electron chi connectivity index (χ4n) is 2.24. The van der Waals surface area contributed by atoms with Gasteiger partial charge in [-0.3, -0.25) is 0 Å². The van der Waals surface area contributed by atoms with E-state index in [2.05, 4.69) is 9.97 Å². The minimum atomic E-state index is 0.108. The van der Waals surface area contributed by atoms with Gasteiger partial charge in [0.25, 0.3) is 0 Å². The van der Waals surface area contributed by atoms with Crippen molar-refractivity contribution in [1.82, 2.24) is 9.97 Å². The SMILES string of the molecule is COc1cccc(-c2nc(N)c(Oc3ccccc3OC)c(Cl)n2)c1. The lowest BCUT2D eigenvalue weighted by Crippen LogP contribution is -2.01. The van der Waals surface area contributed by atoms with E-state index in [1.807, 2.05) is 30.3 Å². The topological polar surface area (TPSA) is 79.5 Å². The zero-order chi connectivity index (χ0) is 17.8. The van der Waals surface area contributed by atoms with Gasteiger partial charge >= 0.3 is 0 Å². The Morgan fingerprint density at radius 3 is 2.36 bits per heavy atom. The van der Waals surface area contributed by atoms with Crippen LogP contribution in [-0.4, -0.2) is 24.2 Å². The number of rotatable bonds is 5. The molecule has 6 nitrogen and oxygen atoms in total. The maximum atomic E-state index is 6.28. The van der Waals surface area contributed by atoms with Crippen LogP contribution in [0.2, 0.25) is 5.15 Å². The van der Waals surface area contributed by atoms with Crippen LogP contribution in [0.15, 0.2) is 48.5 Å². The summed E-state index contributed by atoms with van der Waals surface area (Å²) in [6.45, 7) is 0. The highest BCUT2D eigenvalue weighted by molar-refractivity contribution is 6.31. The standard InChI is InChI=1S/C18H16ClN3O3/c1-23-12-7-5-6-11(10-12)18-21-16(19)15(17(20)22-18)25-14-9-4-3-8-13(14)24-2/h3-10H,1-2H3,(H2,20,21,22). The summed E-state index contributed by atoms with van der Waals surface area (Å²) in [4.78, 5) is 8.58. The first-order chi connectivity index (χ1) is 12.1. The molecule has 25 heavy (non-hydrogen) atoms. The lowest BCUT2D eigenvalue weighted by atomic mass is 10.2. The predicted octanol–water partition coefficient (Wildman–Crippen LogP) is 4.19. The number of ether oxygens (including phenoxy) is 3. The summed E-state index contributed by atoms with van der Waals surface area (Å²) in [6.07, 6.45) is 0. The Bertz CT molecular complexity index is 879. The van der Waals surface area contributed by atoms with E-state index in [0.29, 0.717) is 23.1 Å². The number of methoxy groups -OCH3 is 2. The zero-order valence-electron chi connectivity index (χ0n) is 13.7. The molecule has 0 aliphatic heterocycles. The van der Waals surface area contributed by atoms with E-state index in [0.717, 1.165) is 5.56 Å². The molecule has 2 N–H and O–H groups in total. The maximum absolute atomic E-state index is 6.28. The number of nitrogens with two attached hydrogens (primary N) is 1. The van der Waals surface area contributed by atoms with Gasteiger partial charge < -0.3 is 19.9 Å². The van der Waals surface area contributed by atoms with Gasteiger partial charge in [0, 0.05) is 5.56 Å². The van der Waals surface area contributed by atoms with Crippen LogP contribution in [0.3, 0.4) is 0 Å². The van der Waals surface area contributed by atoms with Gasteiger partial charge in [-0.1, -0.05) is 35.9 Å². The molecule has 0 saturated heterocycles. The molecule has 0 atom stereocenters. The quantitative estimate of drug-likeness (QED) is 0.690. The Balaban J connectivity index is 1.98. The molecule has 128 valence electrons. The molecule has 0 fully saturated rings. The van der Waals surface area contributed by atoms with Crippen molar-refractivity contribution in [3.8, 4) is 34.4 Å². The van der Waals surface area contributed by atoms with E-state index in [1.54, 1.807) is 32.4 Å². The summed E-state index contributed by atoms with van der Waals surface area (Å²) in [5, 5.41) is 0.108. The van der Waals surface area contributed by atoms with E-state index in [4.69, 9.17) is 31.5 Å². The zero-order valence-corrected chi connectivity index (χ0v) is 14.4. The lowest BCUT2D eigenvalue weighted by Gasteiger charge is -2.13. The molecular formula is C18H16ClN3O3. The molecule has 1 aromatic heterocycles. The van der Waals surface area contributed by atoms with Crippen molar-refractivity contribution in [2.24, 2.45) is 0 Å². The third-order valence-electron chi connectivity index (χ3n) is 3.46. The van der Waals surface area contributed by atoms with Crippen LogP contribution in [0.5, 0.6) is 23.0 Å². The van der Waals surface area contributed by atoms with Gasteiger partial charge in [-0.15, -0.1) is 0 Å². The van der Waals surface area contributed by atoms with Crippen molar-refractivity contribution >= 4 is 17.4 Å². The van der Waals surface area contributed by atoms with Crippen LogP contribution in [-0.2, 0) is 0 Å². The van der Waals surface area contributed by atoms with Crippen LogP contribution in [0.1, 0.15) is 0 Å². The van der Waals surface area contributed by atoms with Crippen molar-refractivity contribution in [3.63, 3.8) is 0 Å². The van der Waals surface area contributed by atoms with Crippen LogP contribution in [0.4, 0.5) is 5.82 Å². The third kappa shape index (κ3) is 3.59. The minimum absolute atomic E-state index is 0.108. The molecule has 0 bridgehead atoms. The van der Waals surface area contributed by atoms with E-state index in [-0.39, 0.29) is 16.7 Å². The van der Waals surface area contributed by atoms with E-state index >= 15 is 0 Å². The predicted molar refractivity (Wildman–Crippen MR) is 96.5 cm³/mol. The monoisotopic (exact) mass is 357 g/mol. The van der Waals surface area contributed by atoms with Crippen LogP contribution in [0.25, 0.3) is 11.4 Å². The van der Waals surface area contributed by atoms with Crippen LogP contribution < -0.4 is 19.9 Å². The summed E-state index contributed by atoms with van der Waals surface area (Å²) in [5.74, 6) is 2.40. The number of hydrogen-bond acceptors (Lipinski definition) is 6. The number of benzene rings is 2. The first-order valence-electron chi connectivity index (χ1n) is 7.40. The van der Waals surface area contributed by atoms with Crippen LogP contribution in [0, 0.1) is 0 Å². The Hall–Kier alpha value is -2.99. The molecule has 1 heterocycles. The summed E-state index contributed by atoms with van der Waals surface area (Å²) in [6, 6.07) is 14.5. The van der Waals surface area contributed by atoms with Gasteiger partial charge in [0.15, 0.2) is 28.3 Å². The van der Waals surface area contributed by atoms with Crippen molar-refractivity contribution in [2.45, 2.75) is 0 Å². The second-order valence-electron chi connectivity index (χ2n) is 5.04. The number of nitrogen functional groups attached to an aromatic ring is 1. The fourth-order valence-corrected chi connectivity index (χ4v) is 2.45. The molecular weight excluding hydrogens is 342 g/mol. The Labute approximate surface area is 150 Å². The van der Waals surface area contributed by atoms with Crippen LogP contribution >= 0.6 is 11.6 Å². The second kappa shape index (κ2) is 7.27. The summed E-state index contributed by atoms with van der Waals surface area (Å²) in [7, 11) is 3.14. The van der Waals surface area contributed by atoms with Gasteiger partial charge in [0.05, 0.1) is 14.2 Å². The first-order valence-corrected chi connectivity index (χ1v) is 7.78. The Morgan fingerprint density at radius 2 is 1.68 bits per heavy atom. The number of halogens is 1. The van der Waals surface area contributed by atoms with E-state index < -0.39 is 0 Å². The molecule has 0 amide bonds. The summed E-state index contributed by atoms with van der Waals surface area (Å²) < 4.78 is 16.2. The molecule has 0 spiro atoms. The average Bonchev–Trinajstić information content (AvgIpc) is 2.64. The maximum Gasteiger partial charge on any atom is 0.206 e. The van der Waals surface area contributed by atoms with Gasteiger partial charge in [-0.25, -0.2) is 9.97 Å². The molecule has 7 heteroatoms. The third-order valence-corrected chi connectivity index (χ3v) is 3.72. The van der Waals surface area contributed by atoms with Gasteiger partial charge in [-0.05, 0) is 24.3 Å². The number of anilines is 1. The number of para-hydroxylation sites is 2. The average molecular weight is 358 g/mol. The second-order valence-corrected chi connectivity index (χ2v) is 5.40. The molecule has 0 aliphatic rings. The molecule has 0 saturated carbocycles. The van der Waals surface area contributed by atoms with Crippen molar-refractivity contribution in [1.29, 1.82) is 0 Å². The molecule has 2 aromatic carbocycles.